The lowest BCUT2D eigenvalue weighted by Crippen LogP contribution is -2.24. The second kappa shape index (κ2) is 9.08. The fraction of sp³-hybridized carbons (Fsp3) is 0.333. The van der Waals surface area contributed by atoms with Gasteiger partial charge in [-0.3, -0.25) is 0 Å². The van der Waals surface area contributed by atoms with Crippen LogP contribution < -0.4 is 14.2 Å². The van der Waals surface area contributed by atoms with Crippen LogP contribution in [0.4, 0.5) is 0 Å². The summed E-state index contributed by atoms with van der Waals surface area (Å²) in [6, 6.07) is 6.65. The molecule has 1 saturated heterocycles. The second-order valence-electron chi connectivity index (χ2n) is 6.57. The number of benzene rings is 1. The zero-order chi connectivity index (χ0) is 20.1. The molecule has 2 heterocycles. The van der Waals surface area contributed by atoms with Crippen LogP contribution in [0.3, 0.4) is 0 Å². The van der Waals surface area contributed by atoms with Crippen molar-refractivity contribution in [2.75, 3.05) is 6.61 Å². The minimum atomic E-state index is -0.511. The number of hydrogen-bond acceptors (Lipinski definition) is 6. The van der Waals surface area contributed by atoms with Crippen LogP contribution in [0, 0.1) is 6.92 Å². The largest absolute Gasteiger partial charge is 0.463 e. The molecule has 148 valence electrons. The van der Waals surface area contributed by atoms with Gasteiger partial charge in [-0.15, -0.1) is 0 Å². The summed E-state index contributed by atoms with van der Waals surface area (Å²) in [4.78, 5) is 15.9. The molecule has 1 fully saturated rings. The molecule has 0 spiro atoms. The highest BCUT2D eigenvalue weighted by Crippen LogP contribution is 2.36. The first-order valence-corrected chi connectivity index (χ1v) is 9.40. The third-order valence-electron chi connectivity index (χ3n) is 4.08. The van der Waals surface area contributed by atoms with Crippen molar-refractivity contribution in [3.8, 4) is 23.1 Å². The van der Waals surface area contributed by atoms with E-state index in [9.17, 15) is 4.79 Å². The van der Waals surface area contributed by atoms with Gasteiger partial charge in [0.25, 0.3) is 0 Å². The van der Waals surface area contributed by atoms with Crippen LogP contribution >= 0.6 is 11.6 Å². The molecular formula is C21H22ClNO5. The molecule has 0 aliphatic carbocycles. The number of nitrogens with zero attached hydrogens (tertiary/aromatic N) is 1. The van der Waals surface area contributed by atoms with E-state index in [-0.39, 0.29) is 6.29 Å². The van der Waals surface area contributed by atoms with Gasteiger partial charge in [0.15, 0.2) is 12.0 Å². The van der Waals surface area contributed by atoms with Gasteiger partial charge in [-0.05, 0) is 44.4 Å². The number of halogens is 1. The number of hydrogen-bond donors (Lipinski definition) is 0. The number of carbonyl (C=O) groups is 1. The minimum Gasteiger partial charge on any atom is -0.463 e. The Hall–Kier alpha value is -2.57. The van der Waals surface area contributed by atoms with E-state index >= 15 is 0 Å². The third kappa shape index (κ3) is 5.24. The SMILES string of the molecule is C=C(C)C(=O)Oc1cc(C)c(Oc2ccc(OC3CCCCO3)cn2)c(Cl)c1. The summed E-state index contributed by atoms with van der Waals surface area (Å²) in [5.41, 5.74) is 1.01. The van der Waals surface area contributed by atoms with Gasteiger partial charge in [0.2, 0.25) is 5.88 Å². The van der Waals surface area contributed by atoms with Crippen LogP contribution in [0.25, 0.3) is 0 Å². The van der Waals surface area contributed by atoms with Crippen molar-refractivity contribution >= 4 is 17.6 Å². The average molecular weight is 404 g/mol. The van der Waals surface area contributed by atoms with E-state index < -0.39 is 5.97 Å². The van der Waals surface area contributed by atoms with Crippen molar-refractivity contribution in [2.45, 2.75) is 39.4 Å². The van der Waals surface area contributed by atoms with Crippen LogP contribution in [-0.4, -0.2) is 23.9 Å². The maximum absolute atomic E-state index is 11.7. The first-order valence-electron chi connectivity index (χ1n) is 9.02. The summed E-state index contributed by atoms with van der Waals surface area (Å²) in [7, 11) is 0. The molecule has 1 aliphatic heterocycles. The van der Waals surface area contributed by atoms with Crippen molar-refractivity contribution in [1.82, 2.24) is 4.98 Å². The van der Waals surface area contributed by atoms with Crippen LogP contribution in [0.1, 0.15) is 31.7 Å². The molecule has 1 aliphatic rings. The molecule has 1 atom stereocenters. The standard InChI is InChI=1S/C21H22ClNO5/c1-13(2)21(24)27-16-10-14(3)20(17(22)11-16)28-18-8-7-15(12-23-18)26-19-6-4-5-9-25-19/h7-8,10-12,19H,1,4-6,9H2,2-3H3. The number of esters is 1. The van der Waals surface area contributed by atoms with Gasteiger partial charge in [-0.1, -0.05) is 18.2 Å². The lowest BCUT2D eigenvalue weighted by Gasteiger charge is -2.23. The van der Waals surface area contributed by atoms with Gasteiger partial charge in [0.1, 0.15) is 11.5 Å². The highest BCUT2D eigenvalue weighted by atomic mass is 35.5. The van der Waals surface area contributed by atoms with E-state index in [4.69, 9.17) is 30.5 Å². The van der Waals surface area contributed by atoms with Gasteiger partial charge >= 0.3 is 5.97 Å². The Morgan fingerprint density at radius 3 is 2.71 bits per heavy atom. The van der Waals surface area contributed by atoms with Crippen molar-refractivity contribution in [3.05, 3.63) is 53.2 Å². The third-order valence-corrected chi connectivity index (χ3v) is 4.36. The first kappa shape index (κ1) is 20.2. The maximum Gasteiger partial charge on any atom is 0.338 e. The minimum absolute atomic E-state index is 0.228. The van der Waals surface area contributed by atoms with Crippen LogP contribution in [0.2, 0.25) is 5.02 Å². The number of carbonyl (C=O) groups excluding carboxylic acids is 1. The molecule has 0 bridgehead atoms. The van der Waals surface area contributed by atoms with E-state index in [0.29, 0.717) is 39.3 Å². The highest BCUT2D eigenvalue weighted by Gasteiger charge is 2.16. The summed E-state index contributed by atoms with van der Waals surface area (Å²) >= 11 is 6.30. The Balaban J connectivity index is 1.67. The van der Waals surface area contributed by atoms with Crippen LogP contribution in [0.15, 0.2) is 42.6 Å². The number of aryl methyl sites for hydroxylation is 1. The zero-order valence-electron chi connectivity index (χ0n) is 15.9. The summed E-state index contributed by atoms with van der Waals surface area (Å²) < 4.78 is 22.3. The molecular weight excluding hydrogens is 382 g/mol. The molecule has 7 heteroatoms. The number of rotatable bonds is 6. The van der Waals surface area contributed by atoms with Crippen molar-refractivity contribution in [3.63, 3.8) is 0 Å². The van der Waals surface area contributed by atoms with Crippen molar-refractivity contribution < 1.29 is 23.7 Å². The normalized spacial score (nSPS) is 16.3. The topological polar surface area (TPSA) is 66.9 Å². The van der Waals surface area contributed by atoms with E-state index in [1.807, 2.05) is 0 Å². The number of pyridine rings is 1. The Morgan fingerprint density at radius 1 is 1.29 bits per heavy atom. The molecule has 6 nitrogen and oxygen atoms in total. The van der Waals surface area contributed by atoms with Crippen LogP contribution in [-0.2, 0) is 9.53 Å². The summed E-state index contributed by atoms with van der Waals surface area (Å²) in [6.07, 6.45) is 4.38. The van der Waals surface area contributed by atoms with Gasteiger partial charge < -0.3 is 18.9 Å². The number of aromatic nitrogens is 1. The van der Waals surface area contributed by atoms with E-state index in [0.717, 1.165) is 25.9 Å². The smallest absolute Gasteiger partial charge is 0.338 e. The Morgan fingerprint density at radius 2 is 2.11 bits per heavy atom. The summed E-state index contributed by atoms with van der Waals surface area (Å²) in [5.74, 6) is 1.24. The molecule has 3 rings (SSSR count). The molecule has 1 aromatic heterocycles. The summed E-state index contributed by atoms with van der Waals surface area (Å²) in [5, 5.41) is 0.308. The molecule has 1 aromatic carbocycles. The highest BCUT2D eigenvalue weighted by molar-refractivity contribution is 6.32. The van der Waals surface area contributed by atoms with Gasteiger partial charge in [0, 0.05) is 24.1 Å². The monoisotopic (exact) mass is 403 g/mol. The lowest BCUT2D eigenvalue weighted by atomic mass is 10.2. The van der Waals surface area contributed by atoms with E-state index in [1.54, 1.807) is 38.2 Å². The number of ether oxygens (including phenoxy) is 4. The predicted molar refractivity (Wildman–Crippen MR) is 105 cm³/mol. The van der Waals surface area contributed by atoms with Gasteiger partial charge in [0.05, 0.1) is 17.8 Å². The fourth-order valence-electron chi connectivity index (χ4n) is 2.64. The molecule has 0 amide bonds. The van der Waals surface area contributed by atoms with Crippen molar-refractivity contribution in [1.29, 1.82) is 0 Å². The average Bonchev–Trinajstić information content (AvgIpc) is 2.67. The van der Waals surface area contributed by atoms with Gasteiger partial charge in [-0.25, -0.2) is 9.78 Å². The van der Waals surface area contributed by atoms with Crippen LogP contribution in [0.5, 0.6) is 23.1 Å². The predicted octanol–water partition coefficient (Wildman–Crippen LogP) is 5.22. The first-order chi connectivity index (χ1) is 13.4. The molecule has 0 saturated carbocycles. The Labute approximate surface area is 169 Å². The fourth-order valence-corrected chi connectivity index (χ4v) is 2.93. The molecule has 1 unspecified atom stereocenters. The molecule has 28 heavy (non-hydrogen) atoms. The molecule has 0 N–H and O–H groups in total. The second-order valence-corrected chi connectivity index (χ2v) is 6.98. The molecule has 0 radical (unpaired) electrons. The van der Waals surface area contributed by atoms with E-state index in [2.05, 4.69) is 11.6 Å². The quantitative estimate of drug-likeness (QED) is 0.374. The van der Waals surface area contributed by atoms with Gasteiger partial charge in [-0.2, -0.15) is 0 Å². The Bertz CT molecular complexity index is 837. The maximum atomic E-state index is 11.7. The Kier molecular flexibility index (Phi) is 6.54. The summed E-state index contributed by atoms with van der Waals surface area (Å²) in [6.45, 7) is 7.65. The zero-order valence-corrected chi connectivity index (χ0v) is 16.6. The lowest BCUT2D eigenvalue weighted by molar-refractivity contribution is -0.130. The van der Waals surface area contributed by atoms with E-state index in [1.165, 1.54) is 6.07 Å². The molecule has 2 aromatic rings. The van der Waals surface area contributed by atoms with Crippen molar-refractivity contribution in [2.24, 2.45) is 0 Å².